The molecule has 1 aromatic carbocycles. The number of hydrogen-bond donors (Lipinski definition) is 2. The molecule has 140 valence electrons. The lowest BCUT2D eigenvalue weighted by atomic mass is 10.0. The molecular formula is C19H30FN3O2. The molecule has 1 aliphatic rings. The summed E-state index contributed by atoms with van der Waals surface area (Å²) < 4.78 is 13.3. The van der Waals surface area contributed by atoms with Crippen molar-refractivity contribution in [2.24, 2.45) is 0 Å². The van der Waals surface area contributed by atoms with Gasteiger partial charge in [-0.3, -0.25) is 0 Å². The Balaban J connectivity index is 1.99. The minimum atomic E-state index is -0.919. The Bertz CT molecular complexity index is 601. The van der Waals surface area contributed by atoms with Crippen LogP contribution in [0.2, 0.25) is 0 Å². The van der Waals surface area contributed by atoms with Gasteiger partial charge < -0.3 is 20.2 Å². The number of piperidine rings is 1. The second-order valence-electron chi connectivity index (χ2n) is 7.49. The number of benzene rings is 1. The van der Waals surface area contributed by atoms with Gasteiger partial charge in [-0.1, -0.05) is 0 Å². The van der Waals surface area contributed by atoms with Crippen LogP contribution in [-0.4, -0.2) is 53.9 Å². The fourth-order valence-corrected chi connectivity index (χ4v) is 3.35. The lowest BCUT2D eigenvalue weighted by Gasteiger charge is -2.37. The number of rotatable bonds is 5. The summed E-state index contributed by atoms with van der Waals surface area (Å²) in [6.45, 7) is 9.65. The van der Waals surface area contributed by atoms with Crippen LogP contribution in [0.25, 0.3) is 0 Å². The summed E-state index contributed by atoms with van der Waals surface area (Å²) in [4.78, 5) is 16.3. The van der Waals surface area contributed by atoms with Crippen molar-refractivity contribution in [1.82, 2.24) is 10.2 Å². The van der Waals surface area contributed by atoms with Crippen molar-refractivity contribution in [3.05, 3.63) is 29.6 Å². The highest BCUT2D eigenvalue weighted by molar-refractivity contribution is 5.74. The first kappa shape index (κ1) is 19.5. The average Bonchev–Trinajstić information content (AvgIpc) is 2.52. The Kier molecular flexibility index (Phi) is 6.27. The first-order valence-electron chi connectivity index (χ1n) is 8.98. The minimum absolute atomic E-state index is 0.0431. The molecule has 1 aromatic rings. The van der Waals surface area contributed by atoms with Crippen LogP contribution in [0.1, 0.15) is 39.2 Å². The van der Waals surface area contributed by atoms with E-state index in [1.165, 1.54) is 6.07 Å². The van der Waals surface area contributed by atoms with Gasteiger partial charge in [-0.05, 0) is 64.3 Å². The molecule has 0 aromatic heterocycles. The quantitative estimate of drug-likeness (QED) is 0.858. The van der Waals surface area contributed by atoms with Gasteiger partial charge in [0.25, 0.3) is 0 Å². The first-order chi connectivity index (χ1) is 11.7. The maximum atomic E-state index is 13.3. The third-order valence-corrected chi connectivity index (χ3v) is 4.50. The van der Waals surface area contributed by atoms with Gasteiger partial charge in [-0.25, -0.2) is 9.18 Å². The Morgan fingerprint density at radius 1 is 1.48 bits per heavy atom. The highest BCUT2D eigenvalue weighted by Crippen LogP contribution is 2.24. The van der Waals surface area contributed by atoms with Crippen LogP contribution in [0.15, 0.2) is 18.2 Å². The lowest BCUT2D eigenvalue weighted by molar-refractivity contribution is 0.0475. The minimum Gasteiger partial charge on any atom is -0.389 e. The molecule has 0 bridgehead atoms. The van der Waals surface area contributed by atoms with Crippen LogP contribution < -0.4 is 10.2 Å². The number of carbonyl (C=O) groups excluding carboxylic acids is 1. The van der Waals surface area contributed by atoms with Gasteiger partial charge >= 0.3 is 6.03 Å². The normalized spacial score (nSPS) is 18.2. The molecule has 1 atom stereocenters. The summed E-state index contributed by atoms with van der Waals surface area (Å²) in [6, 6.07) is 4.72. The van der Waals surface area contributed by atoms with Gasteiger partial charge in [0.05, 0.1) is 12.1 Å². The third-order valence-electron chi connectivity index (χ3n) is 4.50. The van der Waals surface area contributed by atoms with E-state index in [-0.39, 0.29) is 17.9 Å². The molecular weight excluding hydrogens is 321 g/mol. The first-order valence-corrected chi connectivity index (χ1v) is 8.98. The molecule has 2 N–H and O–H groups in total. The Morgan fingerprint density at radius 2 is 2.20 bits per heavy atom. The highest BCUT2D eigenvalue weighted by Gasteiger charge is 2.26. The monoisotopic (exact) mass is 351 g/mol. The number of anilines is 1. The molecule has 1 aliphatic heterocycles. The molecule has 2 amide bonds. The van der Waals surface area contributed by atoms with Gasteiger partial charge in [-0.2, -0.15) is 0 Å². The summed E-state index contributed by atoms with van der Waals surface area (Å²) in [5.74, 6) is -0.228. The van der Waals surface area contributed by atoms with E-state index in [2.05, 4.69) is 10.2 Å². The second-order valence-corrected chi connectivity index (χ2v) is 7.49. The van der Waals surface area contributed by atoms with Crippen molar-refractivity contribution in [2.45, 2.75) is 52.2 Å². The molecule has 0 spiro atoms. The predicted octanol–water partition coefficient (Wildman–Crippen LogP) is 2.91. The molecule has 1 fully saturated rings. The molecule has 0 aliphatic carbocycles. The number of nitrogens with one attached hydrogen (secondary N) is 1. The summed E-state index contributed by atoms with van der Waals surface area (Å²) >= 11 is 0. The van der Waals surface area contributed by atoms with Gasteiger partial charge in [0.1, 0.15) is 5.82 Å². The van der Waals surface area contributed by atoms with E-state index in [4.69, 9.17) is 0 Å². The van der Waals surface area contributed by atoms with Gasteiger partial charge in [0.15, 0.2) is 0 Å². The van der Waals surface area contributed by atoms with E-state index in [1.807, 2.05) is 19.9 Å². The standard InChI is InChI=1S/C19H30FN3O2/c1-5-22(13-19(3,4)25)18(24)21-16-7-6-10-23(12-16)17-9-8-15(20)11-14(17)2/h8-9,11,16,25H,5-7,10,12-13H2,1-4H3,(H,21,24). The second kappa shape index (κ2) is 8.04. The predicted molar refractivity (Wildman–Crippen MR) is 98.4 cm³/mol. The molecule has 25 heavy (non-hydrogen) atoms. The van der Waals surface area contributed by atoms with Crippen LogP contribution in [-0.2, 0) is 0 Å². The molecule has 5 nitrogen and oxygen atoms in total. The number of halogens is 1. The SMILES string of the molecule is CCN(CC(C)(C)O)C(=O)NC1CCCN(c2ccc(F)cc2C)C1. The van der Waals surface area contributed by atoms with E-state index in [0.29, 0.717) is 19.6 Å². The van der Waals surface area contributed by atoms with E-state index < -0.39 is 5.60 Å². The van der Waals surface area contributed by atoms with Crippen molar-refractivity contribution in [3.63, 3.8) is 0 Å². The summed E-state index contributed by atoms with van der Waals surface area (Å²) in [7, 11) is 0. The Hall–Kier alpha value is -1.82. The fraction of sp³-hybridized carbons (Fsp3) is 0.632. The largest absolute Gasteiger partial charge is 0.389 e. The summed E-state index contributed by atoms with van der Waals surface area (Å²) in [6.07, 6.45) is 1.89. The molecule has 1 saturated heterocycles. The van der Waals surface area contributed by atoms with E-state index in [1.54, 1.807) is 24.8 Å². The molecule has 6 heteroatoms. The van der Waals surface area contributed by atoms with Crippen LogP contribution in [0, 0.1) is 12.7 Å². The van der Waals surface area contributed by atoms with Crippen LogP contribution in [0.5, 0.6) is 0 Å². The van der Waals surface area contributed by atoms with E-state index in [0.717, 1.165) is 30.6 Å². The zero-order chi connectivity index (χ0) is 18.6. The van der Waals surface area contributed by atoms with Crippen molar-refractivity contribution in [1.29, 1.82) is 0 Å². The van der Waals surface area contributed by atoms with Crippen molar-refractivity contribution in [3.8, 4) is 0 Å². The average molecular weight is 351 g/mol. The number of urea groups is 1. The number of likely N-dealkylation sites (N-methyl/N-ethyl adjacent to an activating group) is 1. The summed E-state index contributed by atoms with van der Waals surface area (Å²) in [5, 5.41) is 13.0. The number of amides is 2. The number of aliphatic hydroxyl groups is 1. The molecule has 0 saturated carbocycles. The fourth-order valence-electron chi connectivity index (χ4n) is 3.35. The number of hydrogen-bond acceptors (Lipinski definition) is 3. The number of carbonyl (C=O) groups is 1. The highest BCUT2D eigenvalue weighted by atomic mass is 19.1. The zero-order valence-corrected chi connectivity index (χ0v) is 15.7. The topological polar surface area (TPSA) is 55.8 Å². The smallest absolute Gasteiger partial charge is 0.317 e. The van der Waals surface area contributed by atoms with Crippen molar-refractivity contribution < 1.29 is 14.3 Å². The zero-order valence-electron chi connectivity index (χ0n) is 15.7. The van der Waals surface area contributed by atoms with E-state index >= 15 is 0 Å². The Morgan fingerprint density at radius 3 is 2.80 bits per heavy atom. The van der Waals surface area contributed by atoms with Crippen LogP contribution in [0.3, 0.4) is 0 Å². The van der Waals surface area contributed by atoms with Crippen LogP contribution >= 0.6 is 0 Å². The van der Waals surface area contributed by atoms with Gasteiger partial charge in [0.2, 0.25) is 0 Å². The number of nitrogens with zero attached hydrogens (tertiary/aromatic N) is 2. The third kappa shape index (κ3) is 5.59. The van der Waals surface area contributed by atoms with Crippen LogP contribution in [0.4, 0.5) is 14.9 Å². The Labute approximate surface area is 149 Å². The molecule has 1 heterocycles. The number of aryl methyl sites for hydroxylation is 1. The summed E-state index contributed by atoms with van der Waals surface area (Å²) in [5.41, 5.74) is 1.00. The van der Waals surface area contributed by atoms with E-state index in [9.17, 15) is 14.3 Å². The maximum Gasteiger partial charge on any atom is 0.317 e. The van der Waals surface area contributed by atoms with Crippen molar-refractivity contribution in [2.75, 3.05) is 31.1 Å². The molecule has 2 rings (SSSR count). The maximum absolute atomic E-state index is 13.3. The van der Waals surface area contributed by atoms with Gasteiger partial charge in [-0.15, -0.1) is 0 Å². The molecule has 0 radical (unpaired) electrons. The molecule has 1 unspecified atom stereocenters. The van der Waals surface area contributed by atoms with Crippen molar-refractivity contribution >= 4 is 11.7 Å². The van der Waals surface area contributed by atoms with Gasteiger partial charge in [0, 0.05) is 31.4 Å². The lowest BCUT2D eigenvalue weighted by Crippen LogP contribution is -2.53.